The SMILES string of the molecule is CCN(C)C(=O)CCC(C)N. The molecule has 0 aliphatic heterocycles. The molecule has 1 atom stereocenters. The van der Waals surface area contributed by atoms with E-state index in [1.807, 2.05) is 20.9 Å². The molecule has 0 rings (SSSR count). The first-order valence-electron chi connectivity index (χ1n) is 4.07. The minimum absolute atomic E-state index is 0.129. The van der Waals surface area contributed by atoms with Gasteiger partial charge >= 0.3 is 0 Å². The van der Waals surface area contributed by atoms with Crippen LogP contribution < -0.4 is 5.73 Å². The Labute approximate surface area is 68.6 Å². The summed E-state index contributed by atoms with van der Waals surface area (Å²) in [4.78, 5) is 12.9. The molecule has 0 spiro atoms. The molecule has 3 nitrogen and oxygen atoms in total. The Morgan fingerprint density at radius 2 is 2.18 bits per heavy atom. The number of hydrogen-bond donors (Lipinski definition) is 1. The molecular formula is C8H18N2O. The minimum Gasteiger partial charge on any atom is -0.346 e. The summed E-state index contributed by atoms with van der Waals surface area (Å²) in [5.41, 5.74) is 5.51. The molecule has 0 saturated heterocycles. The first-order valence-corrected chi connectivity index (χ1v) is 4.07. The van der Waals surface area contributed by atoms with Gasteiger partial charge in [0.2, 0.25) is 5.91 Å². The van der Waals surface area contributed by atoms with E-state index in [1.54, 1.807) is 4.90 Å². The third-order valence-corrected chi connectivity index (χ3v) is 1.71. The molecule has 66 valence electrons. The van der Waals surface area contributed by atoms with E-state index in [2.05, 4.69) is 0 Å². The van der Waals surface area contributed by atoms with Crippen LogP contribution in [0.2, 0.25) is 0 Å². The van der Waals surface area contributed by atoms with E-state index in [-0.39, 0.29) is 11.9 Å². The molecule has 0 radical (unpaired) electrons. The lowest BCUT2D eigenvalue weighted by atomic mass is 10.2. The number of hydrogen-bond acceptors (Lipinski definition) is 2. The summed E-state index contributed by atoms with van der Waals surface area (Å²) >= 11 is 0. The summed E-state index contributed by atoms with van der Waals surface area (Å²) in [7, 11) is 1.81. The third kappa shape index (κ3) is 4.79. The summed E-state index contributed by atoms with van der Waals surface area (Å²) < 4.78 is 0. The van der Waals surface area contributed by atoms with Gasteiger partial charge in [-0.2, -0.15) is 0 Å². The molecule has 0 aliphatic rings. The van der Waals surface area contributed by atoms with E-state index in [1.165, 1.54) is 0 Å². The molecule has 0 heterocycles. The number of nitrogens with two attached hydrogens (primary N) is 1. The fourth-order valence-corrected chi connectivity index (χ4v) is 0.718. The first-order chi connectivity index (χ1) is 5.07. The fraction of sp³-hybridized carbons (Fsp3) is 0.875. The number of rotatable bonds is 4. The molecule has 0 aliphatic carbocycles. The predicted molar refractivity (Wildman–Crippen MR) is 46.2 cm³/mol. The van der Waals surface area contributed by atoms with Crippen molar-refractivity contribution in [1.82, 2.24) is 4.90 Å². The van der Waals surface area contributed by atoms with Gasteiger partial charge in [-0.25, -0.2) is 0 Å². The van der Waals surface area contributed by atoms with Gasteiger partial charge in [-0.1, -0.05) is 0 Å². The van der Waals surface area contributed by atoms with Gasteiger partial charge in [0.15, 0.2) is 0 Å². The van der Waals surface area contributed by atoms with E-state index >= 15 is 0 Å². The maximum Gasteiger partial charge on any atom is 0.222 e. The van der Waals surface area contributed by atoms with Gasteiger partial charge in [0, 0.05) is 26.1 Å². The number of carbonyl (C=O) groups is 1. The Kier molecular flexibility index (Phi) is 4.86. The highest BCUT2D eigenvalue weighted by Crippen LogP contribution is 1.97. The highest BCUT2D eigenvalue weighted by atomic mass is 16.2. The molecule has 3 heteroatoms. The summed E-state index contributed by atoms with van der Waals surface area (Å²) in [5.74, 6) is 0.185. The lowest BCUT2D eigenvalue weighted by Crippen LogP contribution is -2.27. The van der Waals surface area contributed by atoms with Crippen LogP contribution in [0.1, 0.15) is 26.7 Å². The topological polar surface area (TPSA) is 46.3 Å². The second kappa shape index (κ2) is 5.13. The van der Waals surface area contributed by atoms with Gasteiger partial charge in [0.05, 0.1) is 0 Å². The van der Waals surface area contributed by atoms with Crippen molar-refractivity contribution in [2.45, 2.75) is 32.7 Å². The number of carbonyl (C=O) groups excluding carboxylic acids is 1. The lowest BCUT2D eigenvalue weighted by Gasteiger charge is -2.14. The van der Waals surface area contributed by atoms with Crippen LogP contribution in [0, 0.1) is 0 Å². The standard InChI is InChI=1S/C8H18N2O/c1-4-10(3)8(11)6-5-7(2)9/h7H,4-6,9H2,1-3H3. The zero-order valence-corrected chi connectivity index (χ0v) is 7.63. The van der Waals surface area contributed by atoms with E-state index < -0.39 is 0 Å². The van der Waals surface area contributed by atoms with Gasteiger partial charge in [-0.05, 0) is 20.3 Å². The average Bonchev–Trinajstić information content (AvgIpc) is 1.98. The van der Waals surface area contributed by atoms with Crippen LogP contribution in [0.5, 0.6) is 0 Å². The molecule has 0 saturated carbocycles. The molecule has 0 bridgehead atoms. The van der Waals surface area contributed by atoms with E-state index in [0.717, 1.165) is 13.0 Å². The van der Waals surface area contributed by atoms with Crippen molar-refractivity contribution < 1.29 is 4.79 Å². The second-order valence-electron chi connectivity index (χ2n) is 2.92. The predicted octanol–water partition coefficient (Wildman–Crippen LogP) is 0.592. The zero-order valence-electron chi connectivity index (χ0n) is 7.63. The molecular weight excluding hydrogens is 140 g/mol. The second-order valence-corrected chi connectivity index (χ2v) is 2.92. The van der Waals surface area contributed by atoms with Crippen LogP contribution in [-0.2, 0) is 4.79 Å². The van der Waals surface area contributed by atoms with Crippen molar-refractivity contribution >= 4 is 5.91 Å². The molecule has 0 aromatic heterocycles. The smallest absolute Gasteiger partial charge is 0.222 e. The van der Waals surface area contributed by atoms with Crippen LogP contribution >= 0.6 is 0 Å². The van der Waals surface area contributed by atoms with Crippen molar-refractivity contribution in [3.63, 3.8) is 0 Å². The molecule has 11 heavy (non-hydrogen) atoms. The molecule has 0 aromatic carbocycles. The van der Waals surface area contributed by atoms with Crippen LogP contribution in [0.25, 0.3) is 0 Å². The minimum atomic E-state index is 0.129. The maximum atomic E-state index is 11.1. The van der Waals surface area contributed by atoms with Gasteiger partial charge in [0.1, 0.15) is 0 Å². The van der Waals surface area contributed by atoms with Gasteiger partial charge < -0.3 is 10.6 Å². The van der Waals surface area contributed by atoms with Crippen molar-refractivity contribution in [2.75, 3.05) is 13.6 Å². The van der Waals surface area contributed by atoms with Crippen LogP contribution in [0.3, 0.4) is 0 Å². The lowest BCUT2D eigenvalue weighted by molar-refractivity contribution is -0.129. The maximum absolute atomic E-state index is 11.1. The Hall–Kier alpha value is -0.570. The highest BCUT2D eigenvalue weighted by molar-refractivity contribution is 5.75. The highest BCUT2D eigenvalue weighted by Gasteiger charge is 2.06. The molecule has 1 unspecified atom stereocenters. The Bertz CT molecular complexity index is 123. The zero-order chi connectivity index (χ0) is 8.85. The van der Waals surface area contributed by atoms with Gasteiger partial charge in [-0.15, -0.1) is 0 Å². The van der Waals surface area contributed by atoms with Crippen LogP contribution in [-0.4, -0.2) is 30.4 Å². The van der Waals surface area contributed by atoms with E-state index in [9.17, 15) is 4.79 Å². The van der Waals surface area contributed by atoms with Crippen molar-refractivity contribution in [3.8, 4) is 0 Å². The molecule has 1 amide bonds. The quantitative estimate of drug-likeness (QED) is 0.651. The monoisotopic (exact) mass is 158 g/mol. The van der Waals surface area contributed by atoms with E-state index in [4.69, 9.17) is 5.73 Å². The summed E-state index contributed by atoms with van der Waals surface area (Å²) in [6.07, 6.45) is 1.35. The molecule has 2 N–H and O–H groups in total. The Morgan fingerprint density at radius 1 is 1.64 bits per heavy atom. The summed E-state index contributed by atoms with van der Waals surface area (Å²) in [6, 6.07) is 0.129. The van der Waals surface area contributed by atoms with E-state index in [0.29, 0.717) is 6.42 Å². The molecule has 0 aromatic rings. The van der Waals surface area contributed by atoms with Crippen LogP contribution in [0.4, 0.5) is 0 Å². The van der Waals surface area contributed by atoms with Gasteiger partial charge in [-0.3, -0.25) is 4.79 Å². The summed E-state index contributed by atoms with van der Waals surface area (Å²) in [6.45, 7) is 4.65. The normalized spacial score (nSPS) is 12.7. The fourth-order valence-electron chi connectivity index (χ4n) is 0.718. The van der Waals surface area contributed by atoms with Crippen LogP contribution in [0.15, 0.2) is 0 Å². The van der Waals surface area contributed by atoms with Crippen molar-refractivity contribution in [3.05, 3.63) is 0 Å². The molecule has 0 fully saturated rings. The Balaban J connectivity index is 3.52. The summed E-state index contributed by atoms with van der Waals surface area (Å²) in [5, 5.41) is 0. The third-order valence-electron chi connectivity index (χ3n) is 1.71. The first kappa shape index (κ1) is 10.4. The average molecular weight is 158 g/mol. The largest absolute Gasteiger partial charge is 0.346 e. The number of amides is 1. The van der Waals surface area contributed by atoms with Crippen molar-refractivity contribution in [1.29, 1.82) is 0 Å². The van der Waals surface area contributed by atoms with Crippen molar-refractivity contribution in [2.24, 2.45) is 5.73 Å². The number of nitrogens with zero attached hydrogens (tertiary/aromatic N) is 1. The Morgan fingerprint density at radius 3 is 2.55 bits per heavy atom. The van der Waals surface area contributed by atoms with Gasteiger partial charge in [0.25, 0.3) is 0 Å².